The summed E-state index contributed by atoms with van der Waals surface area (Å²) < 4.78 is 2.00. The van der Waals surface area contributed by atoms with E-state index in [1.165, 1.54) is 32.1 Å². The number of carbonyl (C=O) groups is 2. The SMILES string of the molecule is CN(C(=O)N1CCCCC1N[C@H](Cc1ccc(Cl)cc1)C(=O)N1CCC(Cn2cncn2)(C2CCCCC2)CC1)c1ccccc1. The van der Waals surface area contributed by atoms with Gasteiger partial charge in [0, 0.05) is 43.9 Å². The van der Waals surface area contributed by atoms with E-state index in [9.17, 15) is 9.59 Å². The monoisotopic (exact) mass is 645 g/mol. The van der Waals surface area contributed by atoms with Crippen LogP contribution in [-0.2, 0) is 17.8 Å². The maximum atomic E-state index is 14.5. The molecule has 1 unspecified atom stereocenters. The van der Waals surface area contributed by atoms with Gasteiger partial charge in [-0.3, -0.25) is 19.7 Å². The first-order chi connectivity index (χ1) is 22.4. The van der Waals surface area contributed by atoms with E-state index in [1.54, 1.807) is 11.2 Å². The molecule has 2 aliphatic heterocycles. The lowest BCUT2D eigenvalue weighted by Crippen LogP contribution is -2.61. The van der Waals surface area contributed by atoms with Gasteiger partial charge >= 0.3 is 6.03 Å². The van der Waals surface area contributed by atoms with E-state index in [0.717, 1.165) is 63.0 Å². The molecule has 3 amide bonds. The first-order valence-electron chi connectivity index (χ1n) is 17.1. The number of anilines is 1. The van der Waals surface area contributed by atoms with Crippen LogP contribution in [0.2, 0.25) is 5.02 Å². The minimum atomic E-state index is -0.459. The second-order valence-electron chi connectivity index (χ2n) is 13.5. The van der Waals surface area contributed by atoms with E-state index in [0.29, 0.717) is 23.9 Å². The van der Waals surface area contributed by atoms with Crippen molar-refractivity contribution in [1.82, 2.24) is 29.9 Å². The number of aromatic nitrogens is 3. The van der Waals surface area contributed by atoms with Gasteiger partial charge in [0.05, 0.1) is 12.2 Å². The number of piperidine rings is 2. The molecule has 46 heavy (non-hydrogen) atoms. The Morgan fingerprint density at radius 2 is 1.67 bits per heavy atom. The molecule has 3 heterocycles. The summed E-state index contributed by atoms with van der Waals surface area (Å²) in [5.41, 5.74) is 2.02. The van der Waals surface area contributed by atoms with Gasteiger partial charge in [0.1, 0.15) is 12.7 Å². The lowest BCUT2D eigenvalue weighted by atomic mass is 9.63. The van der Waals surface area contributed by atoms with E-state index in [1.807, 2.05) is 77.6 Å². The molecule has 3 aliphatic rings. The fourth-order valence-corrected chi connectivity index (χ4v) is 8.16. The molecule has 1 saturated carbocycles. The molecule has 246 valence electrons. The van der Waals surface area contributed by atoms with Crippen LogP contribution < -0.4 is 10.2 Å². The van der Waals surface area contributed by atoms with Crippen LogP contribution in [0.5, 0.6) is 0 Å². The molecule has 0 spiro atoms. The second kappa shape index (κ2) is 15.0. The zero-order chi connectivity index (χ0) is 31.9. The number of rotatable bonds is 9. The maximum absolute atomic E-state index is 14.5. The van der Waals surface area contributed by atoms with Gasteiger partial charge in [0.25, 0.3) is 0 Å². The molecular formula is C36H48ClN7O2. The topological polar surface area (TPSA) is 86.6 Å². The molecular weight excluding hydrogens is 598 g/mol. The van der Waals surface area contributed by atoms with Crippen molar-refractivity contribution in [1.29, 1.82) is 0 Å². The van der Waals surface area contributed by atoms with Gasteiger partial charge < -0.3 is 9.80 Å². The fourth-order valence-electron chi connectivity index (χ4n) is 8.03. The lowest BCUT2D eigenvalue weighted by molar-refractivity contribution is -0.137. The fraction of sp³-hybridized carbons (Fsp3) is 0.556. The van der Waals surface area contributed by atoms with Crippen LogP contribution in [0.1, 0.15) is 69.8 Å². The minimum absolute atomic E-state index is 0.0514. The van der Waals surface area contributed by atoms with Crippen LogP contribution in [0.3, 0.4) is 0 Å². The summed E-state index contributed by atoms with van der Waals surface area (Å²) in [5.74, 6) is 0.761. The number of carbonyl (C=O) groups excluding carboxylic acids is 2. The van der Waals surface area contributed by atoms with Crippen LogP contribution >= 0.6 is 11.6 Å². The predicted molar refractivity (Wildman–Crippen MR) is 182 cm³/mol. The molecule has 1 aliphatic carbocycles. The number of hydrogen-bond acceptors (Lipinski definition) is 5. The third kappa shape index (κ3) is 7.58. The van der Waals surface area contributed by atoms with Crippen molar-refractivity contribution in [3.63, 3.8) is 0 Å². The van der Waals surface area contributed by atoms with Crippen molar-refractivity contribution < 1.29 is 9.59 Å². The van der Waals surface area contributed by atoms with Crippen LogP contribution in [0.25, 0.3) is 0 Å². The number of nitrogens with one attached hydrogen (secondary N) is 1. The molecule has 6 rings (SSSR count). The summed E-state index contributed by atoms with van der Waals surface area (Å²) in [5, 5.41) is 8.86. The maximum Gasteiger partial charge on any atom is 0.325 e. The summed E-state index contributed by atoms with van der Waals surface area (Å²) in [6.45, 7) is 2.98. The number of benzene rings is 2. The first kappa shape index (κ1) is 32.5. The molecule has 1 aromatic heterocycles. The molecule has 0 bridgehead atoms. The van der Waals surface area contributed by atoms with Crippen molar-refractivity contribution in [3.8, 4) is 0 Å². The average Bonchev–Trinajstić information content (AvgIpc) is 3.62. The van der Waals surface area contributed by atoms with Gasteiger partial charge in [-0.15, -0.1) is 0 Å². The molecule has 0 radical (unpaired) electrons. The zero-order valence-corrected chi connectivity index (χ0v) is 27.8. The van der Waals surface area contributed by atoms with Gasteiger partial charge in [0.15, 0.2) is 0 Å². The van der Waals surface area contributed by atoms with Gasteiger partial charge in [-0.05, 0) is 92.5 Å². The number of urea groups is 1. The summed E-state index contributed by atoms with van der Waals surface area (Å²) in [6.07, 6.45) is 14.9. The predicted octanol–water partition coefficient (Wildman–Crippen LogP) is 6.39. The van der Waals surface area contributed by atoms with Crippen LogP contribution in [0, 0.1) is 11.3 Å². The summed E-state index contributed by atoms with van der Waals surface area (Å²) >= 11 is 6.21. The normalized spacial score (nSPS) is 21.1. The largest absolute Gasteiger partial charge is 0.341 e. The molecule has 10 heteroatoms. The molecule has 3 fully saturated rings. The Morgan fingerprint density at radius 1 is 0.957 bits per heavy atom. The Balaban J connectivity index is 1.20. The van der Waals surface area contributed by atoms with Crippen LogP contribution in [0.4, 0.5) is 10.5 Å². The van der Waals surface area contributed by atoms with Gasteiger partial charge in [-0.2, -0.15) is 5.10 Å². The van der Waals surface area contributed by atoms with Crippen LogP contribution in [-0.4, -0.2) is 75.4 Å². The smallest absolute Gasteiger partial charge is 0.325 e. The Kier molecular flexibility index (Phi) is 10.6. The molecule has 2 aromatic carbocycles. The molecule has 2 atom stereocenters. The summed E-state index contributed by atoms with van der Waals surface area (Å²) in [4.78, 5) is 38.2. The van der Waals surface area contributed by atoms with Crippen molar-refractivity contribution in [3.05, 3.63) is 77.8 Å². The lowest BCUT2D eigenvalue weighted by Gasteiger charge is -2.48. The van der Waals surface area contributed by atoms with E-state index in [4.69, 9.17) is 11.6 Å². The Hall–Kier alpha value is -3.43. The quantitative estimate of drug-likeness (QED) is 0.292. The summed E-state index contributed by atoms with van der Waals surface area (Å²) in [6, 6.07) is 17.0. The van der Waals surface area contributed by atoms with Crippen molar-refractivity contribution in [2.45, 2.75) is 89.4 Å². The van der Waals surface area contributed by atoms with E-state index in [2.05, 4.69) is 20.3 Å². The molecule has 9 nitrogen and oxygen atoms in total. The second-order valence-corrected chi connectivity index (χ2v) is 14.0. The first-order valence-corrected chi connectivity index (χ1v) is 17.5. The van der Waals surface area contributed by atoms with E-state index < -0.39 is 6.04 Å². The molecule has 2 saturated heterocycles. The van der Waals surface area contributed by atoms with Gasteiger partial charge in [0.2, 0.25) is 5.91 Å². The van der Waals surface area contributed by atoms with Crippen molar-refractivity contribution in [2.24, 2.45) is 11.3 Å². The highest BCUT2D eigenvalue weighted by molar-refractivity contribution is 6.30. The van der Waals surface area contributed by atoms with E-state index >= 15 is 0 Å². The number of hydrogen-bond donors (Lipinski definition) is 1. The highest BCUT2D eigenvalue weighted by Gasteiger charge is 2.44. The third-order valence-electron chi connectivity index (χ3n) is 10.7. The Morgan fingerprint density at radius 3 is 2.37 bits per heavy atom. The van der Waals surface area contributed by atoms with Crippen molar-refractivity contribution in [2.75, 3.05) is 31.6 Å². The van der Waals surface area contributed by atoms with Crippen LogP contribution in [0.15, 0.2) is 67.3 Å². The number of halogens is 1. The molecule has 3 aromatic rings. The molecule has 1 N–H and O–H groups in total. The number of amides is 3. The van der Waals surface area contributed by atoms with E-state index in [-0.39, 0.29) is 23.5 Å². The number of para-hydroxylation sites is 1. The standard InChI is InChI=1S/C36H48ClN7O2/c1-41(31-12-6-3-7-13-31)35(46)44-21-9-8-14-33(44)40-32(24-28-15-17-30(37)18-16-28)34(45)42-22-19-36(20-23-42,25-43-27-38-26-39-43)29-10-4-2-5-11-29/h3,6-7,12-13,15-18,26-27,29,32-33,40H,2,4-5,8-11,14,19-25H2,1H3/t32-,33?/m1/s1. The highest BCUT2D eigenvalue weighted by Crippen LogP contribution is 2.47. The average molecular weight is 646 g/mol. The number of nitrogens with zero attached hydrogens (tertiary/aromatic N) is 6. The minimum Gasteiger partial charge on any atom is -0.341 e. The Bertz CT molecular complexity index is 1400. The Labute approximate surface area is 278 Å². The third-order valence-corrected chi connectivity index (χ3v) is 11.0. The highest BCUT2D eigenvalue weighted by atomic mass is 35.5. The zero-order valence-electron chi connectivity index (χ0n) is 27.1. The number of likely N-dealkylation sites (tertiary alicyclic amines) is 2. The summed E-state index contributed by atoms with van der Waals surface area (Å²) in [7, 11) is 1.82. The van der Waals surface area contributed by atoms with Gasteiger partial charge in [-0.1, -0.05) is 61.2 Å². The van der Waals surface area contributed by atoms with Gasteiger partial charge in [-0.25, -0.2) is 9.78 Å². The van der Waals surface area contributed by atoms with Crippen molar-refractivity contribution >= 4 is 29.2 Å².